The number of anilines is 1. The summed E-state index contributed by atoms with van der Waals surface area (Å²) in [6.07, 6.45) is 0. The van der Waals surface area contributed by atoms with Gasteiger partial charge in [-0.3, -0.25) is 14.5 Å². The Balaban J connectivity index is 1.92. The van der Waals surface area contributed by atoms with Gasteiger partial charge < -0.3 is 19.3 Å². The molecule has 1 fully saturated rings. The van der Waals surface area contributed by atoms with Crippen molar-refractivity contribution in [2.24, 2.45) is 0 Å². The maximum atomic E-state index is 13.4. The van der Waals surface area contributed by atoms with Crippen molar-refractivity contribution in [3.05, 3.63) is 89.5 Å². The van der Waals surface area contributed by atoms with Crippen molar-refractivity contribution in [2.45, 2.75) is 19.9 Å². The van der Waals surface area contributed by atoms with Gasteiger partial charge in [0.2, 0.25) is 0 Å². The minimum absolute atomic E-state index is 0.0227. The molecule has 1 heterocycles. The lowest BCUT2D eigenvalue weighted by atomic mass is 9.94. The predicted octanol–water partition coefficient (Wildman–Crippen LogP) is 5.12. The van der Waals surface area contributed by atoms with E-state index in [4.69, 9.17) is 14.2 Å². The van der Waals surface area contributed by atoms with Gasteiger partial charge in [0, 0.05) is 11.8 Å². The van der Waals surface area contributed by atoms with Crippen LogP contribution in [0.5, 0.6) is 17.2 Å². The van der Waals surface area contributed by atoms with Crippen LogP contribution in [0.3, 0.4) is 0 Å². The minimum atomic E-state index is -0.868. The van der Waals surface area contributed by atoms with Gasteiger partial charge in [0.1, 0.15) is 23.0 Å². The number of nitrogens with zero attached hydrogens (tertiary/aromatic N) is 1. The normalized spacial score (nSPS) is 16.9. The standard InChI is InChI=1S/C28H27NO6/c1-4-34-20-15-13-18(14-16-20)25-24(26(30)22-11-6-7-12-23(22)33-3)27(31)28(32)29(25)19-9-8-10-21(17-19)35-5-2/h6-17,25,30H,4-5H2,1-3H3/b26-24+. The fourth-order valence-corrected chi connectivity index (χ4v) is 4.20. The molecular weight excluding hydrogens is 446 g/mol. The number of hydrogen-bond donors (Lipinski definition) is 1. The monoisotopic (exact) mass is 473 g/mol. The number of methoxy groups -OCH3 is 1. The molecule has 1 N–H and O–H groups in total. The molecule has 0 aromatic heterocycles. The quantitative estimate of drug-likeness (QED) is 0.278. The van der Waals surface area contributed by atoms with Crippen molar-refractivity contribution in [2.75, 3.05) is 25.2 Å². The summed E-state index contributed by atoms with van der Waals surface area (Å²) in [5, 5.41) is 11.3. The van der Waals surface area contributed by atoms with Crippen molar-refractivity contribution >= 4 is 23.1 Å². The highest BCUT2D eigenvalue weighted by atomic mass is 16.5. The molecule has 0 aliphatic carbocycles. The van der Waals surface area contributed by atoms with E-state index in [0.29, 0.717) is 47.3 Å². The summed E-state index contributed by atoms with van der Waals surface area (Å²) in [7, 11) is 1.48. The first-order valence-corrected chi connectivity index (χ1v) is 11.4. The molecule has 7 heteroatoms. The molecule has 180 valence electrons. The Morgan fingerprint density at radius 2 is 1.57 bits per heavy atom. The average molecular weight is 474 g/mol. The number of carbonyl (C=O) groups is 2. The highest BCUT2D eigenvalue weighted by molar-refractivity contribution is 6.51. The molecule has 3 aromatic rings. The molecule has 1 saturated heterocycles. The van der Waals surface area contributed by atoms with Gasteiger partial charge in [-0.1, -0.05) is 30.3 Å². The summed E-state index contributed by atoms with van der Waals surface area (Å²) in [5.74, 6) is -0.204. The highest BCUT2D eigenvalue weighted by Gasteiger charge is 2.47. The summed E-state index contributed by atoms with van der Waals surface area (Å²) in [6, 6.07) is 20.1. The Labute approximate surface area is 204 Å². The zero-order valence-electron chi connectivity index (χ0n) is 19.9. The van der Waals surface area contributed by atoms with Gasteiger partial charge in [-0.25, -0.2) is 0 Å². The van der Waals surface area contributed by atoms with Crippen LogP contribution in [0.2, 0.25) is 0 Å². The van der Waals surface area contributed by atoms with Crippen molar-refractivity contribution < 1.29 is 28.9 Å². The Morgan fingerprint density at radius 1 is 0.886 bits per heavy atom. The van der Waals surface area contributed by atoms with Crippen molar-refractivity contribution in [3.8, 4) is 17.2 Å². The summed E-state index contributed by atoms with van der Waals surface area (Å²) in [6.45, 7) is 4.72. The third-order valence-corrected chi connectivity index (χ3v) is 5.72. The SMILES string of the molecule is CCOc1ccc(C2/C(=C(\O)c3ccccc3OC)C(=O)C(=O)N2c2cccc(OCC)c2)cc1. The molecule has 1 aliphatic rings. The number of carbonyl (C=O) groups excluding carboxylic acids is 2. The van der Waals surface area contributed by atoms with Crippen LogP contribution in [0, 0.1) is 0 Å². The van der Waals surface area contributed by atoms with Gasteiger partial charge in [0.25, 0.3) is 11.7 Å². The van der Waals surface area contributed by atoms with E-state index in [1.54, 1.807) is 72.8 Å². The topological polar surface area (TPSA) is 85.3 Å². The van der Waals surface area contributed by atoms with E-state index in [2.05, 4.69) is 0 Å². The number of hydrogen-bond acceptors (Lipinski definition) is 6. The van der Waals surface area contributed by atoms with E-state index in [0.717, 1.165) is 0 Å². The molecule has 0 radical (unpaired) electrons. The molecule has 4 rings (SSSR count). The number of aliphatic hydroxyl groups excluding tert-OH is 1. The van der Waals surface area contributed by atoms with Crippen LogP contribution in [-0.2, 0) is 9.59 Å². The molecule has 1 aliphatic heterocycles. The van der Waals surface area contributed by atoms with Gasteiger partial charge in [-0.15, -0.1) is 0 Å². The van der Waals surface area contributed by atoms with Crippen molar-refractivity contribution in [3.63, 3.8) is 0 Å². The first kappa shape index (κ1) is 23.9. The van der Waals surface area contributed by atoms with Crippen LogP contribution >= 0.6 is 0 Å². The summed E-state index contributed by atoms with van der Waals surface area (Å²) in [5.41, 5.74) is 1.43. The van der Waals surface area contributed by atoms with Crippen molar-refractivity contribution in [1.29, 1.82) is 0 Å². The van der Waals surface area contributed by atoms with E-state index in [1.807, 2.05) is 13.8 Å². The fourth-order valence-electron chi connectivity index (χ4n) is 4.20. The van der Waals surface area contributed by atoms with Gasteiger partial charge in [0.15, 0.2) is 0 Å². The molecule has 1 atom stereocenters. The molecule has 0 bridgehead atoms. The number of Topliss-reactive ketones (excluding diaryl/α,β-unsaturated/α-hetero) is 1. The first-order chi connectivity index (χ1) is 17.0. The lowest BCUT2D eigenvalue weighted by Gasteiger charge is -2.26. The second-order valence-corrected chi connectivity index (χ2v) is 7.80. The number of ketones is 1. The summed E-state index contributed by atoms with van der Waals surface area (Å²) >= 11 is 0. The van der Waals surface area contributed by atoms with Gasteiger partial charge >= 0.3 is 0 Å². The van der Waals surface area contributed by atoms with Gasteiger partial charge in [-0.05, 0) is 55.8 Å². The molecule has 0 spiro atoms. The maximum Gasteiger partial charge on any atom is 0.300 e. The second kappa shape index (κ2) is 10.3. The Kier molecular flexibility index (Phi) is 7.06. The summed E-state index contributed by atoms with van der Waals surface area (Å²) in [4.78, 5) is 28.1. The maximum absolute atomic E-state index is 13.4. The number of aliphatic hydroxyl groups is 1. The van der Waals surface area contributed by atoms with Crippen LogP contribution in [0.25, 0.3) is 5.76 Å². The van der Waals surface area contributed by atoms with E-state index in [1.165, 1.54) is 12.0 Å². The number of rotatable bonds is 8. The average Bonchev–Trinajstić information content (AvgIpc) is 3.15. The zero-order chi connectivity index (χ0) is 24.9. The molecule has 3 aromatic carbocycles. The van der Waals surface area contributed by atoms with Crippen molar-refractivity contribution in [1.82, 2.24) is 0 Å². The fraction of sp³-hybridized carbons (Fsp3) is 0.214. The Hall–Kier alpha value is -4.26. The molecule has 7 nitrogen and oxygen atoms in total. The smallest absolute Gasteiger partial charge is 0.300 e. The number of para-hydroxylation sites is 1. The van der Waals surface area contributed by atoms with Gasteiger partial charge in [-0.2, -0.15) is 0 Å². The highest BCUT2D eigenvalue weighted by Crippen LogP contribution is 2.44. The number of ether oxygens (including phenoxy) is 3. The Morgan fingerprint density at radius 3 is 2.26 bits per heavy atom. The molecule has 1 unspecified atom stereocenters. The largest absolute Gasteiger partial charge is 0.507 e. The van der Waals surface area contributed by atoms with E-state index >= 15 is 0 Å². The molecule has 1 amide bonds. The van der Waals surface area contributed by atoms with Crippen LogP contribution in [0.4, 0.5) is 5.69 Å². The minimum Gasteiger partial charge on any atom is -0.507 e. The lowest BCUT2D eigenvalue weighted by molar-refractivity contribution is -0.132. The molecule has 35 heavy (non-hydrogen) atoms. The van der Waals surface area contributed by atoms with Crippen LogP contribution in [0.15, 0.2) is 78.4 Å². The van der Waals surface area contributed by atoms with Crippen LogP contribution < -0.4 is 19.1 Å². The lowest BCUT2D eigenvalue weighted by Crippen LogP contribution is -2.29. The van der Waals surface area contributed by atoms with E-state index < -0.39 is 17.7 Å². The number of benzene rings is 3. The first-order valence-electron chi connectivity index (χ1n) is 11.4. The Bertz CT molecular complexity index is 1260. The summed E-state index contributed by atoms with van der Waals surface area (Å²) < 4.78 is 16.5. The molecular formula is C28H27NO6. The third-order valence-electron chi connectivity index (χ3n) is 5.72. The zero-order valence-corrected chi connectivity index (χ0v) is 19.9. The van der Waals surface area contributed by atoms with E-state index in [-0.39, 0.29) is 11.3 Å². The second-order valence-electron chi connectivity index (χ2n) is 7.80. The predicted molar refractivity (Wildman–Crippen MR) is 133 cm³/mol. The molecule has 0 saturated carbocycles. The van der Waals surface area contributed by atoms with Crippen LogP contribution in [0.1, 0.15) is 31.0 Å². The van der Waals surface area contributed by atoms with Gasteiger partial charge in [0.05, 0.1) is 37.5 Å². The number of amides is 1. The third kappa shape index (κ3) is 4.57. The van der Waals surface area contributed by atoms with Crippen LogP contribution in [-0.4, -0.2) is 37.1 Å². The van der Waals surface area contributed by atoms with E-state index in [9.17, 15) is 14.7 Å².